The van der Waals surface area contributed by atoms with Gasteiger partial charge in [0.25, 0.3) is 0 Å². The zero-order chi connectivity index (χ0) is 28.1. The summed E-state index contributed by atoms with van der Waals surface area (Å²) in [5.74, 6) is -0.289. The summed E-state index contributed by atoms with van der Waals surface area (Å²) >= 11 is 12.4. The van der Waals surface area contributed by atoms with Crippen LogP contribution in [-0.2, 0) is 4.79 Å². The summed E-state index contributed by atoms with van der Waals surface area (Å²) in [5.41, 5.74) is 5.13. The SMILES string of the molecule is O=C(O)CCCOc1ccc(Nc2cc(=O)[nH]c3ccc(C(c4ccc(Cl)cc4)c4ccc(Cl)cc4)cc23)cc1. The molecule has 0 fully saturated rings. The Morgan fingerprint density at radius 3 is 2.02 bits per heavy atom. The highest BCUT2D eigenvalue weighted by Gasteiger charge is 2.18. The van der Waals surface area contributed by atoms with Crippen LogP contribution in [0.15, 0.2) is 102 Å². The van der Waals surface area contributed by atoms with Crippen LogP contribution in [0, 0.1) is 0 Å². The lowest BCUT2D eigenvalue weighted by atomic mass is 9.84. The number of anilines is 2. The number of carbonyl (C=O) groups is 1. The van der Waals surface area contributed by atoms with Crippen molar-refractivity contribution in [1.29, 1.82) is 0 Å². The summed E-state index contributed by atoms with van der Waals surface area (Å²) in [4.78, 5) is 26.1. The van der Waals surface area contributed by atoms with Gasteiger partial charge in [0.2, 0.25) is 5.56 Å². The van der Waals surface area contributed by atoms with Crippen LogP contribution in [0.3, 0.4) is 0 Å². The van der Waals surface area contributed by atoms with Gasteiger partial charge in [-0.2, -0.15) is 0 Å². The normalized spacial score (nSPS) is 11.1. The fraction of sp³-hybridized carbons (Fsp3) is 0.125. The molecule has 0 aliphatic heterocycles. The highest BCUT2D eigenvalue weighted by Crippen LogP contribution is 2.36. The number of hydrogen-bond acceptors (Lipinski definition) is 4. The smallest absolute Gasteiger partial charge is 0.303 e. The van der Waals surface area contributed by atoms with E-state index in [0.717, 1.165) is 27.8 Å². The molecule has 0 bridgehead atoms. The third-order valence-corrected chi connectivity index (χ3v) is 7.05. The monoisotopic (exact) mass is 572 g/mol. The Labute approximate surface area is 241 Å². The van der Waals surface area contributed by atoms with Gasteiger partial charge in [-0.05, 0) is 83.8 Å². The maximum Gasteiger partial charge on any atom is 0.303 e. The summed E-state index contributed by atoms with van der Waals surface area (Å²) in [7, 11) is 0. The van der Waals surface area contributed by atoms with Crippen LogP contribution >= 0.6 is 23.2 Å². The number of aromatic nitrogens is 1. The molecule has 1 aromatic heterocycles. The van der Waals surface area contributed by atoms with Gasteiger partial charge in [-0.1, -0.05) is 53.5 Å². The van der Waals surface area contributed by atoms with Crippen molar-refractivity contribution >= 4 is 51.4 Å². The average molecular weight is 573 g/mol. The number of fused-ring (bicyclic) bond motifs is 1. The second-order valence-electron chi connectivity index (χ2n) is 9.38. The predicted molar refractivity (Wildman–Crippen MR) is 161 cm³/mol. The Balaban J connectivity index is 1.48. The van der Waals surface area contributed by atoms with Crippen LogP contribution < -0.4 is 15.6 Å². The number of ether oxygens (including phenoxy) is 1. The lowest BCUT2D eigenvalue weighted by Crippen LogP contribution is -2.08. The number of carboxylic acids is 1. The molecule has 1 heterocycles. The zero-order valence-corrected chi connectivity index (χ0v) is 22.9. The van der Waals surface area contributed by atoms with E-state index in [1.165, 1.54) is 0 Å². The molecule has 0 aliphatic rings. The zero-order valence-electron chi connectivity index (χ0n) is 21.4. The maximum absolute atomic E-state index is 12.5. The minimum absolute atomic E-state index is 0.0636. The second-order valence-corrected chi connectivity index (χ2v) is 10.3. The van der Waals surface area contributed by atoms with E-state index in [1.54, 1.807) is 18.2 Å². The Morgan fingerprint density at radius 1 is 0.825 bits per heavy atom. The van der Waals surface area contributed by atoms with E-state index in [9.17, 15) is 9.59 Å². The molecule has 0 atom stereocenters. The van der Waals surface area contributed by atoms with Gasteiger partial charge in [0.05, 0.1) is 17.8 Å². The quantitative estimate of drug-likeness (QED) is 0.116. The van der Waals surface area contributed by atoms with Crippen molar-refractivity contribution < 1.29 is 14.6 Å². The lowest BCUT2D eigenvalue weighted by molar-refractivity contribution is -0.137. The van der Waals surface area contributed by atoms with Gasteiger partial charge in [0, 0.05) is 39.5 Å². The number of halogens is 2. The van der Waals surface area contributed by atoms with Crippen LogP contribution in [0.2, 0.25) is 10.0 Å². The molecule has 0 spiro atoms. The molecule has 0 amide bonds. The van der Waals surface area contributed by atoms with Gasteiger partial charge in [-0.15, -0.1) is 0 Å². The highest BCUT2D eigenvalue weighted by atomic mass is 35.5. The summed E-state index contributed by atoms with van der Waals surface area (Å²) < 4.78 is 5.63. The molecule has 5 aromatic rings. The molecule has 202 valence electrons. The summed E-state index contributed by atoms with van der Waals surface area (Å²) in [6, 6.07) is 30.5. The number of carboxylic acid groups (broad SMARTS) is 1. The largest absolute Gasteiger partial charge is 0.494 e. The first-order valence-electron chi connectivity index (χ1n) is 12.8. The molecular weight excluding hydrogens is 547 g/mol. The number of pyridine rings is 1. The molecule has 0 saturated carbocycles. The lowest BCUT2D eigenvalue weighted by Gasteiger charge is -2.20. The molecule has 5 rings (SSSR count). The third kappa shape index (κ3) is 6.65. The van der Waals surface area contributed by atoms with Gasteiger partial charge in [-0.25, -0.2) is 0 Å². The van der Waals surface area contributed by atoms with E-state index < -0.39 is 5.97 Å². The van der Waals surface area contributed by atoms with E-state index in [-0.39, 0.29) is 17.9 Å². The minimum Gasteiger partial charge on any atom is -0.494 e. The fourth-order valence-electron chi connectivity index (χ4n) is 4.65. The minimum atomic E-state index is -0.843. The van der Waals surface area contributed by atoms with E-state index in [1.807, 2.05) is 72.8 Å². The molecule has 0 radical (unpaired) electrons. The third-order valence-electron chi connectivity index (χ3n) is 6.54. The summed E-state index contributed by atoms with van der Waals surface area (Å²) in [6.45, 7) is 0.322. The van der Waals surface area contributed by atoms with Gasteiger partial charge in [0.1, 0.15) is 5.75 Å². The van der Waals surface area contributed by atoms with Crippen molar-refractivity contribution in [2.45, 2.75) is 18.8 Å². The molecule has 0 saturated heterocycles. The van der Waals surface area contributed by atoms with Gasteiger partial charge in [-0.3, -0.25) is 9.59 Å². The van der Waals surface area contributed by atoms with Crippen molar-refractivity contribution in [3.8, 4) is 5.75 Å². The van der Waals surface area contributed by atoms with E-state index in [2.05, 4.69) is 16.4 Å². The molecule has 6 nitrogen and oxygen atoms in total. The summed E-state index contributed by atoms with van der Waals surface area (Å²) in [6.07, 6.45) is 0.498. The van der Waals surface area contributed by atoms with Crippen molar-refractivity contribution in [1.82, 2.24) is 4.98 Å². The van der Waals surface area contributed by atoms with Gasteiger partial charge < -0.3 is 20.1 Å². The Hall–Kier alpha value is -4.26. The van der Waals surface area contributed by atoms with E-state index in [0.29, 0.717) is 40.0 Å². The number of nitrogens with one attached hydrogen (secondary N) is 2. The van der Waals surface area contributed by atoms with Crippen LogP contribution in [0.4, 0.5) is 11.4 Å². The number of H-pyrrole nitrogens is 1. The first-order chi connectivity index (χ1) is 19.4. The maximum atomic E-state index is 12.5. The predicted octanol–water partition coefficient (Wildman–Crippen LogP) is 8.00. The first-order valence-corrected chi connectivity index (χ1v) is 13.5. The van der Waals surface area contributed by atoms with Crippen LogP contribution in [0.1, 0.15) is 35.4 Å². The van der Waals surface area contributed by atoms with Gasteiger partial charge in [0.15, 0.2) is 0 Å². The number of aromatic amines is 1. The second kappa shape index (κ2) is 12.3. The van der Waals surface area contributed by atoms with Crippen LogP contribution in [0.25, 0.3) is 10.9 Å². The van der Waals surface area contributed by atoms with Crippen molar-refractivity contribution in [2.75, 3.05) is 11.9 Å². The Kier molecular flexibility index (Phi) is 8.39. The molecule has 40 heavy (non-hydrogen) atoms. The number of aliphatic carboxylic acids is 1. The van der Waals surface area contributed by atoms with Gasteiger partial charge >= 0.3 is 5.97 Å². The van der Waals surface area contributed by atoms with Crippen molar-refractivity contribution in [2.24, 2.45) is 0 Å². The Morgan fingerprint density at radius 2 is 1.43 bits per heavy atom. The average Bonchev–Trinajstić information content (AvgIpc) is 2.94. The van der Waals surface area contributed by atoms with Crippen LogP contribution in [-0.4, -0.2) is 22.7 Å². The van der Waals surface area contributed by atoms with Crippen molar-refractivity contribution in [3.05, 3.63) is 134 Å². The van der Waals surface area contributed by atoms with Crippen molar-refractivity contribution in [3.63, 3.8) is 0 Å². The summed E-state index contributed by atoms with van der Waals surface area (Å²) in [5, 5.41) is 14.3. The standard InChI is InChI=1S/C32H26Cl2N2O4/c33-23-8-3-20(4-9-23)32(21-5-10-24(34)11-6-21)22-7-16-28-27(18-22)29(19-30(37)36-28)35-25-12-14-26(15-13-25)40-17-1-2-31(38)39/h3-16,18-19,32H,1-2,17H2,(H,38,39)(H2,35,36,37). The molecule has 4 aromatic carbocycles. The number of hydrogen-bond donors (Lipinski definition) is 3. The number of rotatable bonds is 10. The van der Waals surface area contributed by atoms with Crippen LogP contribution in [0.5, 0.6) is 5.75 Å². The Bertz CT molecular complexity index is 1640. The molecule has 0 unspecified atom stereocenters. The fourth-order valence-corrected chi connectivity index (χ4v) is 4.90. The van der Waals surface area contributed by atoms with E-state index in [4.69, 9.17) is 33.0 Å². The topological polar surface area (TPSA) is 91.4 Å². The number of benzene rings is 4. The first kappa shape index (κ1) is 27.3. The van der Waals surface area contributed by atoms with E-state index >= 15 is 0 Å². The molecular formula is C32H26Cl2N2O4. The highest BCUT2D eigenvalue weighted by molar-refractivity contribution is 6.30. The molecule has 0 aliphatic carbocycles. The molecule has 8 heteroatoms. The molecule has 3 N–H and O–H groups in total.